The maximum Gasteiger partial charge on any atom is 0.321 e. The topological polar surface area (TPSA) is 93.1 Å². The fraction of sp³-hybridized carbons (Fsp3) is 0.364. The maximum atomic E-state index is 13.3. The second-order valence-corrected chi connectivity index (χ2v) is 10.3. The summed E-state index contributed by atoms with van der Waals surface area (Å²) in [5, 5.41) is 10.2. The number of amides is 3. The molecule has 168 valence electrons. The van der Waals surface area contributed by atoms with Gasteiger partial charge in [0.2, 0.25) is 5.91 Å². The summed E-state index contributed by atoms with van der Waals surface area (Å²) in [6.45, 7) is 4.03. The minimum Gasteiger partial charge on any atom is -0.335 e. The zero-order valence-corrected chi connectivity index (χ0v) is 19.9. The monoisotopic (exact) mass is 488 g/mol. The smallest absolute Gasteiger partial charge is 0.321 e. The third-order valence-electron chi connectivity index (χ3n) is 5.28. The zero-order chi connectivity index (χ0) is 22.5. The second-order valence-electron chi connectivity index (χ2n) is 7.55. The molecule has 3 heterocycles. The van der Waals surface area contributed by atoms with Gasteiger partial charge in [0.05, 0.1) is 11.1 Å². The molecule has 2 N–H and O–H groups in total. The highest BCUT2D eigenvalue weighted by atomic mass is 32.2. The van der Waals surface area contributed by atoms with Crippen molar-refractivity contribution < 1.29 is 9.59 Å². The average molecular weight is 489 g/mol. The van der Waals surface area contributed by atoms with E-state index in [1.807, 2.05) is 22.9 Å². The number of urea groups is 1. The van der Waals surface area contributed by atoms with Crippen molar-refractivity contribution in [2.45, 2.75) is 49.8 Å². The van der Waals surface area contributed by atoms with Crippen LogP contribution in [0.4, 0.5) is 4.79 Å². The van der Waals surface area contributed by atoms with Gasteiger partial charge in [0.1, 0.15) is 4.83 Å². The number of thioether (sulfide) groups is 1. The first kappa shape index (κ1) is 22.8. The Morgan fingerprint density at radius 1 is 1.28 bits per heavy atom. The number of aromatic nitrogens is 2. The average Bonchev–Trinajstić information content (AvgIpc) is 3.45. The number of hydrogen-bond donors (Lipinski definition) is 2. The van der Waals surface area contributed by atoms with Crippen LogP contribution in [0.25, 0.3) is 20.7 Å². The first-order valence-corrected chi connectivity index (χ1v) is 13.2. The highest BCUT2D eigenvalue weighted by Gasteiger charge is 2.20. The molecule has 3 aromatic heterocycles. The van der Waals surface area contributed by atoms with Crippen molar-refractivity contribution in [2.75, 3.05) is 5.75 Å². The molecule has 0 aromatic carbocycles. The molecule has 1 fully saturated rings. The minimum atomic E-state index is -0.465. The molecule has 10 heteroatoms. The molecule has 3 amide bonds. The van der Waals surface area contributed by atoms with Gasteiger partial charge >= 0.3 is 6.03 Å². The van der Waals surface area contributed by atoms with Crippen molar-refractivity contribution in [3.05, 3.63) is 45.9 Å². The Bertz CT molecular complexity index is 1180. The molecule has 32 heavy (non-hydrogen) atoms. The standard InChI is InChI=1S/C22H24N4O3S3/c1-2-10-26-20(28)18-15(16-9-6-11-30-16)12-31-19(18)25-22(26)32-13-17(27)24-21(29)23-14-7-4-3-5-8-14/h2,6,9,11-12,14H,1,3-5,7-8,10,13H2,(H2,23,24,27,29). The van der Waals surface area contributed by atoms with Crippen LogP contribution in [-0.2, 0) is 11.3 Å². The molecule has 1 aliphatic carbocycles. The van der Waals surface area contributed by atoms with Crippen LogP contribution < -0.4 is 16.2 Å². The number of thiophene rings is 2. The van der Waals surface area contributed by atoms with Gasteiger partial charge < -0.3 is 5.32 Å². The molecule has 1 aliphatic rings. The van der Waals surface area contributed by atoms with E-state index in [2.05, 4.69) is 22.2 Å². The molecule has 0 bridgehead atoms. The number of fused-ring (bicyclic) bond motifs is 1. The summed E-state index contributed by atoms with van der Waals surface area (Å²) in [6, 6.07) is 3.59. The summed E-state index contributed by atoms with van der Waals surface area (Å²) >= 11 is 4.12. The van der Waals surface area contributed by atoms with E-state index in [0.717, 1.165) is 47.9 Å². The van der Waals surface area contributed by atoms with Gasteiger partial charge in [-0.3, -0.25) is 19.5 Å². The van der Waals surface area contributed by atoms with E-state index in [1.165, 1.54) is 22.3 Å². The third-order valence-corrected chi connectivity index (χ3v) is 8.03. The van der Waals surface area contributed by atoms with Crippen molar-refractivity contribution in [1.29, 1.82) is 0 Å². The first-order valence-electron chi connectivity index (χ1n) is 10.5. The van der Waals surface area contributed by atoms with E-state index in [4.69, 9.17) is 0 Å². The van der Waals surface area contributed by atoms with Gasteiger partial charge in [0.15, 0.2) is 5.16 Å². The summed E-state index contributed by atoms with van der Waals surface area (Å²) in [6.07, 6.45) is 6.91. The van der Waals surface area contributed by atoms with Crippen LogP contribution in [0.3, 0.4) is 0 Å². The van der Waals surface area contributed by atoms with Crippen LogP contribution >= 0.6 is 34.4 Å². The predicted octanol–water partition coefficient (Wildman–Crippen LogP) is 4.62. The van der Waals surface area contributed by atoms with E-state index in [1.54, 1.807) is 17.4 Å². The van der Waals surface area contributed by atoms with Crippen LogP contribution in [-0.4, -0.2) is 33.3 Å². The molecule has 0 unspecified atom stereocenters. The summed E-state index contributed by atoms with van der Waals surface area (Å²) in [7, 11) is 0. The molecule has 0 saturated heterocycles. The predicted molar refractivity (Wildman–Crippen MR) is 132 cm³/mol. The van der Waals surface area contributed by atoms with Crippen LogP contribution in [0.5, 0.6) is 0 Å². The zero-order valence-electron chi connectivity index (χ0n) is 17.5. The van der Waals surface area contributed by atoms with E-state index in [9.17, 15) is 14.4 Å². The molecular weight excluding hydrogens is 464 g/mol. The van der Waals surface area contributed by atoms with Crippen LogP contribution in [0.2, 0.25) is 0 Å². The van der Waals surface area contributed by atoms with Gasteiger partial charge in [-0.25, -0.2) is 9.78 Å². The number of rotatable bonds is 7. The van der Waals surface area contributed by atoms with Crippen LogP contribution in [0.15, 0.2) is 45.5 Å². The van der Waals surface area contributed by atoms with Gasteiger partial charge in [-0.05, 0) is 24.3 Å². The number of nitrogens with one attached hydrogen (secondary N) is 2. The van der Waals surface area contributed by atoms with Gasteiger partial charge in [0, 0.05) is 28.4 Å². The number of carbonyl (C=O) groups excluding carboxylic acids is 2. The van der Waals surface area contributed by atoms with Gasteiger partial charge in [-0.1, -0.05) is 43.2 Å². The van der Waals surface area contributed by atoms with Crippen molar-refractivity contribution in [3.63, 3.8) is 0 Å². The lowest BCUT2D eigenvalue weighted by Crippen LogP contribution is -2.45. The molecule has 1 saturated carbocycles. The Labute approximate surface area is 197 Å². The molecule has 3 aromatic rings. The van der Waals surface area contributed by atoms with E-state index in [0.29, 0.717) is 15.4 Å². The van der Waals surface area contributed by atoms with Crippen LogP contribution in [0.1, 0.15) is 32.1 Å². The molecule has 0 spiro atoms. The lowest BCUT2D eigenvalue weighted by molar-refractivity contribution is -0.117. The van der Waals surface area contributed by atoms with E-state index in [-0.39, 0.29) is 23.9 Å². The molecular formula is C22H24N4O3S3. The third kappa shape index (κ3) is 5.13. The first-order chi connectivity index (χ1) is 15.6. The van der Waals surface area contributed by atoms with Crippen molar-refractivity contribution >= 4 is 56.6 Å². The minimum absolute atomic E-state index is 0.0175. The normalized spacial score (nSPS) is 14.4. The summed E-state index contributed by atoms with van der Waals surface area (Å²) in [4.78, 5) is 44.0. The Kier molecular flexibility index (Phi) is 7.44. The van der Waals surface area contributed by atoms with Gasteiger partial charge in [0.25, 0.3) is 5.56 Å². The van der Waals surface area contributed by atoms with Crippen molar-refractivity contribution in [1.82, 2.24) is 20.2 Å². The summed E-state index contributed by atoms with van der Waals surface area (Å²) in [5.74, 6) is -0.440. The highest BCUT2D eigenvalue weighted by Crippen LogP contribution is 2.34. The molecule has 0 radical (unpaired) electrons. The van der Waals surface area contributed by atoms with Crippen molar-refractivity contribution in [3.8, 4) is 10.4 Å². The SMILES string of the molecule is C=CCn1c(SCC(=O)NC(=O)NC2CCCCC2)nc2scc(-c3cccs3)c2c1=O. The summed E-state index contributed by atoms with van der Waals surface area (Å²) < 4.78 is 1.53. The summed E-state index contributed by atoms with van der Waals surface area (Å²) in [5.41, 5.74) is 0.724. The lowest BCUT2D eigenvalue weighted by Gasteiger charge is -2.22. The second kappa shape index (κ2) is 10.5. The van der Waals surface area contributed by atoms with E-state index >= 15 is 0 Å². The number of allylic oxidation sites excluding steroid dienone is 1. The molecule has 0 aliphatic heterocycles. The fourth-order valence-corrected chi connectivity index (χ4v) is 6.39. The highest BCUT2D eigenvalue weighted by molar-refractivity contribution is 7.99. The number of imide groups is 1. The molecule has 7 nitrogen and oxygen atoms in total. The molecule has 0 atom stereocenters. The Balaban J connectivity index is 1.48. The Hall–Kier alpha value is -2.43. The fourth-order valence-electron chi connectivity index (χ4n) is 3.78. The Morgan fingerprint density at radius 3 is 2.81 bits per heavy atom. The largest absolute Gasteiger partial charge is 0.335 e. The Morgan fingerprint density at radius 2 is 2.09 bits per heavy atom. The van der Waals surface area contributed by atoms with Crippen LogP contribution in [0, 0.1) is 0 Å². The van der Waals surface area contributed by atoms with Gasteiger partial charge in [-0.15, -0.1) is 29.3 Å². The number of nitrogens with zero attached hydrogens (tertiary/aromatic N) is 2. The number of hydrogen-bond acceptors (Lipinski definition) is 7. The lowest BCUT2D eigenvalue weighted by atomic mass is 9.96. The maximum absolute atomic E-state index is 13.3. The van der Waals surface area contributed by atoms with Gasteiger partial charge in [-0.2, -0.15) is 0 Å². The van der Waals surface area contributed by atoms with E-state index < -0.39 is 11.9 Å². The number of carbonyl (C=O) groups is 2. The van der Waals surface area contributed by atoms with Crippen molar-refractivity contribution in [2.24, 2.45) is 0 Å². The quantitative estimate of drug-likeness (QED) is 0.288. The molecule has 4 rings (SSSR count).